The first-order valence-electron chi connectivity index (χ1n) is 16.8. The van der Waals surface area contributed by atoms with E-state index in [1.54, 1.807) is 0 Å². The molecule has 5 aliphatic carbocycles. The van der Waals surface area contributed by atoms with E-state index >= 15 is 0 Å². The van der Waals surface area contributed by atoms with Gasteiger partial charge in [0, 0.05) is 23.9 Å². The van der Waals surface area contributed by atoms with Crippen molar-refractivity contribution in [3.8, 4) is 0 Å². The maximum absolute atomic E-state index is 14.5. The SMILES string of the molecule is O=C1C2CCCCC2C2CCC3OC4CCC5C6CCCCC6C(=O)N6C7CCCC8C7N(C3C2N18)C4C56. The Labute approximate surface area is 227 Å². The predicted molar refractivity (Wildman–Crippen MR) is 141 cm³/mol. The van der Waals surface area contributed by atoms with Crippen molar-refractivity contribution in [2.24, 2.45) is 35.5 Å². The molecule has 14 unspecified atom stereocenters. The number of piperazine rings is 2. The van der Waals surface area contributed by atoms with Crippen LogP contribution in [0.4, 0.5) is 0 Å². The Bertz CT molecular complexity index is 987. The average molecular weight is 520 g/mol. The summed E-state index contributed by atoms with van der Waals surface area (Å²) in [4.78, 5) is 37.0. The van der Waals surface area contributed by atoms with Gasteiger partial charge in [-0.25, -0.2) is 0 Å². The molecule has 5 heterocycles. The van der Waals surface area contributed by atoms with E-state index in [-0.39, 0.29) is 24.0 Å². The van der Waals surface area contributed by atoms with Crippen molar-refractivity contribution in [2.45, 2.75) is 151 Å². The molecule has 38 heavy (non-hydrogen) atoms. The van der Waals surface area contributed by atoms with Crippen LogP contribution >= 0.6 is 0 Å². The van der Waals surface area contributed by atoms with E-state index in [0.29, 0.717) is 77.8 Å². The van der Waals surface area contributed by atoms with Crippen molar-refractivity contribution in [1.82, 2.24) is 14.7 Å². The smallest absolute Gasteiger partial charge is 0.226 e. The first-order valence-corrected chi connectivity index (χ1v) is 16.8. The lowest BCUT2D eigenvalue weighted by molar-refractivity contribution is -0.301. The van der Waals surface area contributed by atoms with Crippen LogP contribution in [0.1, 0.15) is 96.3 Å². The molecule has 10 fully saturated rings. The first-order chi connectivity index (χ1) is 18.7. The van der Waals surface area contributed by atoms with Gasteiger partial charge >= 0.3 is 0 Å². The molecule has 5 saturated heterocycles. The monoisotopic (exact) mass is 519 g/mol. The summed E-state index contributed by atoms with van der Waals surface area (Å²) < 4.78 is 7.16. The second-order valence-corrected chi connectivity index (χ2v) is 15.3. The number of rotatable bonds is 0. The minimum Gasteiger partial charge on any atom is -0.372 e. The molecule has 0 N–H and O–H groups in total. The minimum absolute atomic E-state index is 0.265. The number of hydrogen-bond donors (Lipinski definition) is 0. The molecule has 5 aliphatic heterocycles. The van der Waals surface area contributed by atoms with Gasteiger partial charge in [-0.1, -0.05) is 25.7 Å². The van der Waals surface area contributed by atoms with Gasteiger partial charge < -0.3 is 14.5 Å². The number of morpholine rings is 1. The number of piperidine rings is 2. The standard InChI is InChI=1S/C32H45N3O3/c36-31-20-8-3-1-6-16(20)18-12-14-24-29-26(18)33(31)22-10-5-11-23-28(22)35(29)30-25(38-24)15-13-19-17-7-2-4-9-21(17)32(37)34(23)27(19)30/h16-30H,1-15H2. The molecule has 10 rings (SSSR count). The third-order valence-electron chi connectivity index (χ3n) is 14.3. The Morgan fingerprint density at radius 3 is 1.50 bits per heavy atom. The van der Waals surface area contributed by atoms with Crippen LogP contribution in [-0.4, -0.2) is 81.0 Å². The minimum atomic E-state index is 0.265. The third kappa shape index (κ3) is 2.56. The van der Waals surface area contributed by atoms with Crippen LogP contribution in [0.3, 0.4) is 0 Å². The van der Waals surface area contributed by atoms with Crippen molar-refractivity contribution in [1.29, 1.82) is 0 Å². The van der Waals surface area contributed by atoms with Gasteiger partial charge in [-0.2, -0.15) is 0 Å². The zero-order valence-corrected chi connectivity index (χ0v) is 22.8. The number of hydrogen-bond acceptors (Lipinski definition) is 4. The summed E-state index contributed by atoms with van der Waals surface area (Å²) in [5.41, 5.74) is 0. The molecular weight excluding hydrogens is 474 g/mol. The fourth-order valence-electron chi connectivity index (χ4n) is 13.4. The maximum Gasteiger partial charge on any atom is 0.226 e. The number of ether oxygens (including phenoxy) is 1. The van der Waals surface area contributed by atoms with E-state index in [4.69, 9.17) is 4.74 Å². The number of amides is 2. The van der Waals surface area contributed by atoms with E-state index in [1.807, 2.05) is 0 Å². The van der Waals surface area contributed by atoms with E-state index in [9.17, 15) is 9.59 Å². The van der Waals surface area contributed by atoms with Crippen LogP contribution in [0, 0.1) is 35.5 Å². The van der Waals surface area contributed by atoms with Gasteiger partial charge in [-0.3, -0.25) is 14.5 Å². The van der Waals surface area contributed by atoms with Gasteiger partial charge in [0.1, 0.15) is 0 Å². The zero-order chi connectivity index (χ0) is 24.9. The lowest BCUT2D eigenvalue weighted by Crippen LogP contribution is -2.90. The summed E-state index contributed by atoms with van der Waals surface area (Å²) in [6.45, 7) is 0. The molecule has 14 atom stereocenters. The molecule has 0 aromatic heterocycles. The predicted octanol–water partition coefficient (Wildman–Crippen LogP) is 3.96. The van der Waals surface area contributed by atoms with E-state index in [0.717, 1.165) is 25.7 Å². The van der Waals surface area contributed by atoms with Crippen LogP contribution in [0.2, 0.25) is 0 Å². The second kappa shape index (κ2) is 7.78. The molecular formula is C32H45N3O3. The molecule has 206 valence electrons. The Kier molecular flexibility index (Phi) is 4.61. The van der Waals surface area contributed by atoms with E-state index in [1.165, 1.54) is 70.6 Å². The summed E-state index contributed by atoms with van der Waals surface area (Å²) in [6, 6.07) is 2.40. The number of carbonyl (C=O) groups excluding carboxylic acids is 2. The highest BCUT2D eigenvalue weighted by Crippen LogP contribution is 2.61. The Morgan fingerprint density at radius 2 is 0.974 bits per heavy atom. The van der Waals surface area contributed by atoms with Gasteiger partial charge in [0.25, 0.3) is 0 Å². The summed E-state index contributed by atoms with van der Waals surface area (Å²) in [5.74, 6) is 4.07. The van der Waals surface area contributed by atoms with Gasteiger partial charge in [-0.15, -0.1) is 0 Å². The molecule has 6 nitrogen and oxygen atoms in total. The van der Waals surface area contributed by atoms with E-state index < -0.39 is 0 Å². The highest BCUT2D eigenvalue weighted by Gasteiger charge is 2.72. The topological polar surface area (TPSA) is 53.1 Å². The molecule has 5 saturated carbocycles. The van der Waals surface area contributed by atoms with Crippen LogP contribution in [0.15, 0.2) is 0 Å². The zero-order valence-electron chi connectivity index (χ0n) is 22.8. The highest BCUT2D eigenvalue weighted by molar-refractivity contribution is 5.83. The Morgan fingerprint density at radius 1 is 0.474 bits per heavy atom. The van der Waals surface area contributed by atoms with Crippen molar-refractivity contribution in [3.63, 3.8) is 0 Å². The number of fused-ring (bicyclic) bond motifs is 6. The Hall–Kier alpha value is -1.14. The first kappa shape index (κ1) is 22.5. The summed E-state index contributed by atoms with van der Waals surface area (Å²) >= 11 is 0. The van der Waals surface area contributed by atoms with Crippen molar-refractivity contribution in [3.05, 3.63) is 0 Å². The second-order valence-electron chi connectivity index (χ2n) is 15.3. The van der Waals surface area contributed by atoms with Crippen LogP contribution in [0.25, 0.3) is 0 Å². The summed E-state index contributed by atoms with van der Waals surface area (Å²) in [7, 11) is 0. The lowest BCUT2D eigenvalue weighted by Gasteiger charge is -2.76. The molecule has 2 amide bonds. The molecule has 0 spiro atoms. The van der Waals surface area contributed by atoms with Crippen LogP contribution in [0.5, 0.6) is 0 Å². The van der Waals surface area contributed by atoms with Gasteiger partial charge in [0.15, 0.2) is 0 Å². The van der Waals surface area contributed by atoms with Crippen molar-refractivity contribution in [2.75, 3.05) is 0 Å². The summed E-state index contributed by atoms with van der Waals surface area (Å²) in [5, 5.41) is 0. The molecule has 10 aliphatic rings. The fraction of sp³-hybridized carbons (Fsp3) is 0.938. The molecule has 0 aromatic carbocycles. The summed E-state index contributed by atoms with van der Waals surface area (Å²) in [6.07, 6.45) is 18.7. The quantitative estimate of drug-likeness (QED) is 0.486. The van der Waals surface area contributed by atoms with Crippen molar-refractivity contribution < 1.29 is 14.3 Å². The number of carbonyl (C=O) groups is 2. The van der Waals surface area contributed by atoms with Crippen LogP contribution < -0.4 is 0 Å². The fourth-order valence-corrected chi connectivity index (χ4v) is 13.4. The van der Waals surface area contributed by atoms with Gasteiger partial charge in [0.05, 0.1) is 42.4 Å². The third-order valence-corrected chi connectivity index (χ3v) is 14.3. The van der Waals surface area contributed by atoms with Gasteiger partial charge in [0.2, 0.25) is 11.8 Å². The largest absolute Gasteiger partial charge is 0.372 e. The average Bonchev–Trinajstić information content (AvgIpc) is 2.96. The lowest BCUT2D eigenvalue weighted by atomic mass is 9.54. The van der Waals surface area contributed by atoms with E-state index in [2.05, 4.69) is 14.7 Å². The number of nitrogens with zero attached hydrogens (tertiary/aromatic N) is 3. The van der Waals surface area contributed by atoms with Crippen molar-refractivity contribution >= 4 is 11.8 Å². The molecule has 0 aromatic rings. The Balaban J connectivity index is 1.14. The van der Waals surface area contributed by atoms with Crippen LogP contribution in [-0.2, 0) is 14.3 Å². The highest BCUT2D eigenvalue weighted by atomic mass is 16.5. The normalized spacial score (nSPS) is 58.1. The molecule has 0 bridgehead atoms. The maximum atomic E-state index is 14.5. The molecule has 6 heteroatoms. The van der Waals surface area contributed by atoms with Gasteiger partial charge in [-0.05, 0) is 94.3 Å². The molecule has 0 radical (unpaired) electrons.